The fourth-order valence-corrected chi connectivity index (χ4v) is 3.15. The van der Waals surface area contributed by atoms with Crippen LogP contribution in [0, 0.1) is 23.2 Å². The van der Waals surface area contributed by atoms with E-state index in [1.807, 2.05) is 0 Å². The van der Waals surface area contributed by atoms with Crippen LogP contribution in [0.25, 0.3) is 0 Å². The van der Waals surface area contributed by atoms with Crippen molar-refractivity contribution in [3.8, 4) is 6.07 Å². The van der Waals surface area contributed by atoms with Gasteiger partial charge in [0.1, 0.15) is 0 Å². The summed E-state index contributed by atoms with van der Waals surface area (Å²) in [7, 11) is -3.40. The smallest absolute Gasteiger partial charge is 0.211 e. The average Bonchev–Trinajstić information content (AvgIpc) is 2.12. The summed E-state index contributed by atoms with van der Waals surface area (Å²) in [5.74, 6) is 0.464. The van der Waals surface area contributed by atoms with Crippen LogP contribution >= 0.6 is 0 Å². The number of hydrogen-bond acceptors (Lipinski definition) is 3. The van der Waals surface area contributed by atoms with Crippen molar-refractivity contribution < 1.29 is 8.42 Å². The zero-order chi connectivity index (χ0) is 11.5. The van der Waals surface area contributed by atoms with Crippen molar-refractivity contribution in [2.45, 2.75) is 39.2 Å². The third kappa shape index (κ3) is 3.47. The molecule has 3 unspecified atom stereocenters. The van der Waals surface area contributed by atoms with Crippen LogP contribution in [0.4, 0.5) is 0 Å². The molecule has 0 saturated heterocycles. The number of sulfonamides is 1. The van der Waals surface area contributed by atoms with Gasteiger partial charge in [-0.2, -0.15) is 5.26 Å². The van der Waals surface area contributed by atoms with Gasteiger partial charge in [-0.05, 0) is 18.3 Å². The van der Waals surface area contributed by atoms with Gasteiger partial charge >= 0.3 is 0 Å². The minimum atomic E-state index is -3.40. The van der Waals surface area contributed by atoms with Gasteiger partial charge in [0.25, 0.3) is 0 Å². The predicted molar refractivity (Wildman–Crippen MR) is 58.5 cm³/mol. The fraction of sp³-hybridized carbons (Fsp3) is 0.900. The van der Waals surface area contributed by atoms with Crippen LogP contribution in [-0.2, 0) is 10.0 Å². The number of nitrogens with zero attached hydrogens (tertiary/aromatic N) is 1. The minimum absolute atomic E-state index is 0.00657. The van der Waals surface area contributed by atoms with E-state index >= 15 is 0 Å². The summed E-state index contributed by atoms with van der Waals surface area (Å²) in [6.07, 6.45) is 3.11. The Labute approximate surface area is 91.7 Å². The zero-order valence-corrected chi connectivity index (χ0v) is 10.0. The molecule has 1 fully saturated rings. The van der Waals surface area contributed by atoms with Crippen LogP contribution < -0.4 is 4.72 Å². The van der Waals surface area contributed by atoms with E-state index in [1.165, 1.54) is 0 Å². The molecule has 0 aliphatic heterocycles. The standard InChI is InChI=1S/C10H18N2O2S/c1-8-4-3-5-10(9(8)2)12-15(13,14)7-6-11/h8-10,12H,3-5,7H2,1-2H3. The maximum Gasteiger partial charge on any atom is 0.225 e. The van der Waals surface area contributed by atoms with Crippen molar-refractivity contribution in [2.24, 2.45) is 11.8 Å². The Bertz CT molecular complexity index is 345. The normalized spacial score (nSPS) is 32.2. The number of hydrogen-bond donors (Lipinski definition) is 1. The van der Waals surface area contributed by atoms with Crippen LogP contribution in [0.5, 0.6) is 0 Å². The summed E-state index contributed by atoms with van der Waals surface area (Å²) >= 11 is 0. The van der Waals surface area contributed by atoms with Crippen LogP contribution in [0.15, 0.2) is 0 Å². The van der Waals surface area contributed by atoms with Crippen molar-refractivity contribution in [1.29, 1.82) is 5.26 Å². The van der Waals surface area contributed by atoms with Gasteiger partial charge in [-0.15, -0.1) is 0 Å². The lowest BCUT2D eigenvalue weighted by Gasteiger charge is -2.34. The van der Waals surface area contributed by atoms with Crippen molar-refractivity contribution in [3.05, 3.63) is 0 Å². The van der Waals surface area contributed by atoms with Crippen LogP contribution in [0.2, 0.25) is 0 Å². The summed E-state index contributed by atoms with van der Waals surface area (Å²) in [5.41, 5.74) is 0. The Morgan fingerprint density at radius 2 is 2.07 bits per heavy atom. The molecule has 1 N–H and O–H groups in total. The zero-order valence-electron chi connectivity index (χ0n) is 9.23. The Morgan fingerprint density at radius 3 is 2.67 bits per heavy atom. The summed E-state index contributed by atoms with van der Waals surface area (Å²) in [6.45, 7) is 4.22. The van der Waals surface area contributed by atoms with Crippen LogP contribution in [0.3, 0.4) is 0 Å². The van der Waals surface area contributed by atoms with E-state index in [0.717, 1.165) is 19.3 Å². The minimum Gasteiger partial charge on any atom is -0.211 e. The van der Waals surface area contributed by atoms with Crippen molar-refractivity contribution >= 4 is 10.0 Å². The summed E-state index contributed by atoms with van der Waals surface area (Å²) in [6, 6.07) is 1.68. The molecule has 0 aromatic heterocycles. The second-order valence-corrected chi connectivity index (χ2v) is 6.16. The molecule has 0 aromatic carbocycles. The molecule has 0 spiro atoms. The van der Waals surface area contributed by atoms with E-state index < -0.39 is 15.8 Å². The lowest BCUT2D eigenvalue weighted by Crippen LogP contribution is -2.44. The second-order valence-electron chi connectivity index (χ2n) is 4.41. The molecular formula is C10H18N2O2S. The third-order valence-corrected chi connectivity index (χ3v) is 4.46. The highest BCUT2D eigenvalue weighted by Crippen LogP contribution is 2.29. The molecule has 15 heavy (non-hydrogen) atoms. The van der Waals surface area contributed by atoms with Gasteiger partial charge in [-0.3, -0.25) is 0 Å². The van der Waals surface area contributed by atoms with Gasteiger partial charge in [0.2, 0.25) is 10.0 Å². The van der Waals surface area contributed by atoms with E-state index in [1.54, 1.807) is 6.07 Å². The van der Waals surface area contributed by atoms with E-state index in [2.05, 4.69) is 18.6 Å². The first-order chi connectivity index (χ1) is 6.96. The molecule has 1 aliphatic rings. The second kappa shape index (κ2) is 4.95. The molecule has 1 saturated carbocycles. The van der Waals surface area contributed by atoms with Gasteiger partial charge in [0.05, 0.1) is 6.07 Å². The lowest BCUT2D eigenvalue weighted by atomic mass is 9.78. The summed E-state index contributed by atoms with van der Waals surface area (Å²) < 4.78 is 25.5. The largest absolute Gasteiger partial charge is 0.225 e. The predicted octanol–water partition coefficient (Wildman–Crippen LogP) is 1.25. The topological polar surface area (TPSA) is 70.0 Å². The monoisotopic (exact) mass is 230 g/mol. The van der Waals surface area contributed by atoms with Crippen molar-refractivity contribution in [3.63, 3.8) is 0 Å². The highest BCUT2D eigenvalue weighted by Gasteiger charge is 2.29. The van der Waals surface area contributed by atoms with Crippen LogP contribution in [-0.4, -0.2) is 20.2 Å². The summed E-state index contributed by atoms with van der Waals surface area (Å²) in [5, 5.41) is 8.38. The third-order valence-electron chi connectivity index (χ3n) is 3.29. The number of nitriles is 1. The van der Waals surface area contributed by atoms with E-state index in [4.69, 9.17) is 5.26 Å². The average molecular weight is 230 g/mol. The van der Waals surface area contributed by atoms with E-state index in [9.17, 15) is 8.42 Å². The molecule has 0 bridgehead atoms. The molecule has 0 radical (unpaired) electrons. The molecule has 1 aliphatic carbocycles. The van der Waals surface area contributed by atoms with Crippen molar-refractivity contribution in [1.82, 2.24) is 4.72 Å². The Hall–Kier alpha value is -0.600. The van der Waals surface area contributed by atoms with Gasteiger partial charge in [0, 0.05) is 6.04 Å². The first kappa shape index (κ1) is 12.5. The Morgan fingerprint density at radius 1 is 1.40 bits per heavy atom. The number of rotatable bonds is 3. The molecule has 0 aromatic rings. The maximum absolute atomic E-state index is 11.4. The van der Waals surface area contributed by atoms with Crippen molar-refractivity contribution in [2.75, 3.05) is 5.75 Å². The molecule has 3 atom stereocenters. The first-order valence-electron chi connectivity index (χ1n) is 5.33. The summed E-state index contributed by atoms with van der Waals surface area (Å²) in [4.78, 5) is 0. The highest BCUT2D eigenvalue weighted by atomic mass is 32.2. The van der Waals surface area contributed by atoms with E-state index in [0.29, 0.717) is 11.8 Å². The van der Waals surface area contributed by atoms with E-state index in [-0.39, 0.29) is 6.04 Å². The highest BCUT2D eigenvalue weighted by molar-refractivity contribution is 7.89. The van der Waals surface area contributed by atoms with Crippen LogP contribution in [0.1, 0.15) is 33.1 Å². The maximum atomic E-state index is 11.4. The fourth-order valence-electron chi connectivity index (χ4n) is 2.11. The molecule has 1 rings (SSSR count). The Kier molecular flexibility index (Phi) is 4.12. The quantitative estimate of drug-likeness (QED) is 0.793. The SMILES string of the molecule is CC1CCCC(NS(=O)(=O)CC#N)C1C. The first-order valence-corrected chi connectivity index (χ1v) is 6.98. The molecule has 5 heteroatoms. The molecule has 0 heterocycles. The number of nitrogens with one attached hydrogen (secondary N) is 1. The molecular weight excluding hydrogens is 212 g/mol. The van der Waals surface area contributed by atoms with Gasteiger partial charge in [0.15, 0.2) is 5.75 Å². The molecule has 86 valence electrons. The van der Waals surface area contributed by atoms with Gasteiger partial charge < -0.3 is 0 Å². The lowest BCUT2D eigenvalue weighted by molar-refractivity contribution is 0.227. The van der Waals surface area contributed by atoms with Gasteiger partial charge in [-0.1, -0.05) is 26.7 Å². The molecule has 0 amide bonds. The molecule has 4 nitrogen and oxygen atoms in total. The Balaban J connectivity index is 2.62. The van der Waals surface area contributed by atoms with Gasteiger partial charge in [-0.25, -0.2) is 13.1 Å².